The van der Waals surface area contributed by atoms with Gasteiger partial charge in [0.15, 0.2) is 0 Å². The topological polar surface area (TPSA) is 125 Å². The number of carbonyl (C=O) groups is 2. The summed E-state index contributed by atoms with van der Waals surface area (Å²) >= 11 is 0. The number of benzene rings is 3. The van der Waals surface area contributed by atoms with E-state index in [0.29, 0.717) is 12.4 Å². The number of hydrogen-bond acceptors (Lipinski definition) is 6. The van der Waals surface area contributed by atoms with Crippen molar-refractivity contribution in [3.05, 3.63) is 90.0 Å². The number of rotatable bonds is 10. The van der Waals surface area contributed by atoms with E-state index in [4.69, 9.17) is 4.74 Å². The van der Waals surface area contributed by atoms with E-state index in [2.05, 4.69) is 10.5 Å². The van der Waals surface area contributed by atoms with E-state index in [0.717, 1.165) is 4.31 Å². The number of hydrogen-bond donors (Lipinski definition) is 2. The lowest BCUT2D eigenvalue weighted by Gasteiger charge is -2.24. The monoisotopic (exact) mass is 481 g/mol. The zero-order valence-electron chi connectivity index (χ0n) is 18.3. The summed E-state index contributed by atoms with van der Waals surface area (Å²) in [4.78, 5) is 23.9. The summed E-state index contributed by atoms with van der Waals surface area (Å²) in [5, 5.41) is 13.0. The van der Waals surface area contributed by atoms with Gasteiger partial charge in [-0.15, -0.1) is 0 Å². The molecule has 0 aliphatic heterocycles. The van der Waals surface area contributed by atoms with E-state index in [-0.39, 0.29) is 21.7 Å². The van der Waals surface area contributed by atoms with Crippen molar-refractivity contribution in [2.45, 2.75) is 11.8 Å². The molecule has 0 aliphatic carbocycles. The highest BCUT2D eigenvalue weighted by atomic mass is 32.2. The summed E-state index contributed by atoms with van der Waals surface area (Å²) in [6.45, 7) is 1.74. The van der Waals surface area contributed by atoms with Crippen molar-refractivity contribution in [1.82, 2.24) is 5.43 Å². The van der Waals surface area contributed by atoms with Gasteiger partial charge in [-0.3, -0.25) is 9.10 Å². The average Bonchev–Trinajstić information content (AvgIpc) is 2.84. The first kappa shape index (κ1) is 24.5. The minimum Gasteiger partial charge on any atom is -0.494 e. The minimum atomic E-state index is -4.07. The van der Waals surface area contributed by atoms with Crippen LogP contribution in [-0.4, -0.2) is 44.8 Å². The molecule has 176 valence electrons. The van der Waals surface area contributed by atoms with Gasteiger partial charge in [-0.2, -0.15) is 5.10 Å². The van der Waals surface area contributed by atoms with Crippen LogP contribution in [0.2, 0.25) is 0 Å². The highest BCUT2D eigenvalue weighted by Crippen LogP contribution is 2.25. The number of carboxylic acid groups (broad SMARTS) is 1. The molecule has 0 bridgehead atoms. The molecule has 0 aliphatic rings. The Bertz CT molecular complexity index is 1280. The van der Waals surface area contributed by atoms with Crippen LogP contribution < -0.4 is 14.5 Å². The van der Waals surface area contributed by atoms with Crippen LogP contribution in [0.25, 0.3) is 0 Å². The van der Waals surface area contributed by atoms with Gasteiger partial charge in [-0.1, -0.05) is 36.4 Å². The lowest BCUT2D eigenvalue weighted by Crippen LogP contribution is -2.39. The van der Waals surface area contributed by atoms with Gasteiger partial charge in [0.1, 0.15) is 12.3 Å². The quantitative estimate of drug-likeness (QED) is 0.339. The van der Waals surface area contributed by atoms with Crippen molar-refractivity contribution in [2.24, 2.45) is 5.10 Å². The largest absolute Gasteiger partial charge is 0.494 e. The molecule has 1 amide bonds. The molecular weight excluding hydrogens is 458 g/mol. The Labute approximate surface area is 197 Å². The summed E-state index contributed by atoms with van der Waals surface area (Å²) in [5.41, 5.74) is 2.83. The first-order valence-electron chi connectivity index (χ1n) is 10.3. The van der Waals surface area contributed by atoms with Crippen LogP contribution in [0.4, 0.5) is 5.69 Å². The molecule has 34 heavy (non-hydrogen) atoms. The van der Waals surface area contributed by atoms with E-state index in [1.165, 1.54) is 30.5 Å². The van der Waals surface area contributed by atoms with Gasteiger partial charge in [-0.05, 0) is 49.4 Å². The number of hydrazone groups is 1. The molecule has 0 unspecified atom stereocenters. The molecule has 0 saturated carbocycles. The van der Waals surface area contributed by atoms with E-state index in [1.807, 2.05) is 6.92 Å². The number of carbonyl (C=O) groups excluding carboxylic acids is 1. The number of nitrogens with zero attached hydrogens (tertiary/aromatic N) is 2. The molecule has 2 N–H and O–H groups in total. The summed E-state index contributed by atoms with van der Waals surface area (Å²) in [7, 11) is -4.07. The Hall–Kier alpha value is -4.18. The van der Waals surface area contributed by atoms with Crippen LogP contribution in [0.3, 0.4) is 0 Å². The van der Waals surface area contributed by atoms with Crippen LogP contribution in [0.5, 0.6) is 5.75 Å². The number of nitrogens with one attached hydrogen (secondary N) is 1. The number of anilines is 1. The molecule has 0 heterocycles. The maximum Gasteiger partial charge on any atom is 0.336 e. The van der Waals surface area contributed by atoms with Gasteiger partial charge in [-0.25, -0.2) is 18.6 Å². The van der Waals surface area contributed by atoms with Crippen molar-refractivity contribution < 1.29 is 27.9 Å². The minimum absolute atomic E-state index is 0.0168. The fourth-order valence-electron chi connectivity index (χ4n) is 3.05. The highest BCUT2D eigenvalue weighted by Gasteiger charge is 2.27. The SMILES string of the molecule is CCOc1ccc(N(CC(=O)N/N=C\c2ccccc2C(=O)O)S(=O)(=O)c2ccccc2)cc1. The third kappa shape index (κ3) is 5.99. The second-order valence-electron chi connectivity index (χ2n) is 6.94. The van der Waals surface area contributed by atoms with Crippen LogP contribution in [0.1, 0.15) is 22.8 Å². The second-order valence-corrected chi connectivity index (χ2v) is 8.80. The lowest BCUT2D eigenvalue weighted by atomic mass is 10.1. The van der Waals surface area contributed by atoms with Gasteiger partial charge in [0.05, 0.1) is 29.0 Å². The number of aromatic carboxylic acids is 1. The van der Waals surface area contributed by atoms with Crippen LogP contribution in [-0.2, 0) is 14.8 Å². The molecular formula is C24H23N3O6S. The molecule has 9 nitrogen and oxygen atoms in total. The van der Waals surface area contributed by atoms with Crippen molar-refractivity contribution in [3.8, 4) is 5.75 Å². The molecule has 0 spiro atoms. The Balaban J connectivity index is 1.84. The molecule has 0 atom stereocenters. The van der Waals surface area contributed by atoms with E-state index >= 15 is 0 Å². The Morgan fingerprint density at radius 2 is 1.65 bits per heavy atom. The molecule has 0 fully saturated rings. The Kier molecular flexibility index (Phi) is 7.99. The fourth-order valence-corrected chi connectivity index (χ4v) is 4.50. The zero-order chi connectivity index (χ0) is 24.6. The number of sulfonamides is 1. The molecule has 3 rings (SSSR count). The molecule has 0 saturated heterocycles. The molecule has 3 aromatic carbocycles. The number of ether oxygens (including phenoxy) is 1. The number of amides is 1. The van der Waals surface area contributed by atoms with Crippen molar-refractivity contribution in [1.29, 1.82) is 0 Å². The first-order valence-corrected chi connectivity index (χ1v) is 11.7. The van der Waals surface area contributed by atoms with Crippen molar-refractivity contribution in [2.75, 3.05) is 17.5 Å². The maximum atomic E-state index is 13.3. The van der Waals surface area contributed by atoms with Gasteiger partial charge < -0.3 is 9.84 Å². The van der Waals surface area contributed by atoms with Gasteiger partial charge in [0, 0.05) is 5.56 Å². The van der Waals surface area contributed by atoms with Gasteiger partial charge in [0.25, 0.3) is 15.9 Å². The third-order valence-electron chi connectivity index (χ3n) is 4.64. The highest BCUT2D eigenvalue weighted by molar-refractivity contribution is 7.92. The Morgan fingerprint density at radius 1 is 1.00 bits per heavy atom. The predicted octanol–water partition coefficient (Wildman–Crippen LogP) is 3.13. The molecule has 0 aromatic heterocycles. The summed E-state index contributed by atoms with van der Waals surface area (Å²) in [5.74, 6) is -1.28. The van der Waals surface area contributed by atoms with Crippen molar-refractivity contribution >= 4 is 33.8 Å². The smallest absolute Gasteiger partial charge is 0.336 e. The van der Waals surface area contributed by atoms with Gasteiger partial charge >= 0.3 is 5.97 Å². The predicted molar refractivity (Wildman–Crippen MR) is 128 cm³/mol. The first-order chi connectivity index (χ1) is 16.3. The zero-order valence-corrected chi connectivity index (χ0v) is 19.1. The molecule has 3 aromatic rings. The summed E-state index contributed by atoms with van der Waals surface area (Å²) in [6, 6.07) is 20.2. The normalized spacial score (nSPS) is 11.2. The fraction of sp³-hybridized carbons (Fsp3) is 0.125. The van der Waals surface area contributed by atoms with Crippen molar-refractivity contribution in [3.63, 3.8) is 0 Å². The average molecular weight is 482 g/mol. The van der Waals surface area contributed by atoms with Crippen LogP contribution in [0.15, 0.2) is 88.9 Å². The van der Waals surface area contributed by atoms with Gasteiger partial charge in [0.2, 0.25) is 0 Å². The second kappa shape index (κ2) is 11.1. The molecule has 0 radical (unpaired) electrons. The van der Waals surface area contributed by atoms with Crippen LogP contribution in [0, 0.1) is 0 Å². The summed E-state index contributed by atoms with van der Waals surface area (Å²) in [6.07, 6.45) is 1.19. The summed E-state index contributed by atoms with van der Waals surface area (Å²) < 4.78 is 33.0. The van der Waals surface area contributed by atoms with E-state index in [1.54, 1.807) is 54.6 Å². The van der Waals surface area contributed by atoms with E-state index < -0.39 is 28.4 Å². The van der Waals surface area contributed by atoms with E-state index in [9.17, 15) is 23.1 Å². The van der Waals surface area contributed by atoms with Crippen LogP contribution >= 0.6 is 0 Å². The molecule has 10 heteroatoms. The Morgan fingerprint density at radius 3 is 2.29 bits per heavy atom. The maximum absolute atomic E-state index is 13.3. The third-order valence-corrected chi connectivity index (χ3v) is 6.43. The lowest BCUT2D eigenvalue weighted by molar-refractivity contribution is -0.119. The standard InChI is InChI=1S/C24H23N3O6S/c1-2-33-20-14-12-19(13-15-20)27(34(31,32)21-9-4-3-5-10-21)17-23(28)26-25-16-18-8-6-7-11-22(18)24(29)30/h3-16H,2,17H2,1H3,(H,26,28)(H,29,30)/b25-16-. The number of carboxylic acids is 1.